The van der Waals surface area contributed by atoms with Crippen LogP contribution in [0.5, 0.6) is 0 Å². The molecule has 2 unspecified atom stereocenters. The van der Waals surface area contributed by atoms with Crippen LogP contribution in [0.2, 0.25) is 0 Å². The van der Waals surface area contributed by atoms with Gasteiger partial charge in [-0.3, -0.25) is 4.68 Å². The van der Waals surface area contributed by atoms with Crippen LogP contribution in [-0.4, -0.2) is 16.3 Å². The average Bonchev–Trinajstić information content (AvgIpc) is 3.04. The van der Waals surface area contributed by atoms with Crippen molar-refractivity contribution in [3.05, 3.63) is 17.0 Å². The van der Waals surface area contributed by atoms with Crippen LogP contribution in [0.15, 0.2) is 0 Å². The number of aryl methyl sites for hydroxylation is 1. The standard InChI is InChI=1S/C13H23N3/c1-8(7-14)13-9(2)15-16(11(13)4)10(3)12-5-6-12/h8,10,12H,5-7,14H2,1-4H3. The Morgan fingerprint density at radius 3 is 2.50 bits per heavy atom. The van der Waals surface area contributed by atoms with Crippen molar-refractivity contribution < 1.29 is 0 Å². The van der Waals surface area contributed by atoms with Crippen LogP contribution in [0.3, 0.4) is 0 Å². The van der Waals surface area contributed by atoms with E-state index in [9.17, 15) is 0 Å². The number of nitrogens with two attached hydrogens (primary N) is 1. The summed E-state index contributed by atoms with van der Waals surface area (Å²) in [6, 6.07) is 0.553. The summed E-state index contributed by atoms with van der Waals surface area (Å²) in [6.45, 7) is 9.45. The van der Waals surface area contributed by atoms with Crippen molar-refractivity contribution >= 4 is 0 Å². The van der Waals surface area contributed by atoms with Crippen LogP contribution in [0.25, 0.3) is 0 Å². The summed E-state index contributed by atoms with van der Waals surface area (Å²) in [5.41, 5.74) is 9.59. The van der Waals surface area contributed by atoms with E-state index < -0.39 is 0 Å². The monoisotopic (exact) mass is 221 g/mol. The third-order valence-corrected chi connectivity index (χ3v) is 3.92. The molecule has 2 N–H and O–H groups in total. The highest BCUT2D eigenvalue weighted by atomic mass is 15.3. The van der Waals surface area contributed by atoms with E-state index in [0.29, 0.717) is 18.5 Å². The Morgan fingerprint density at radius 1 is 1.38 bits per heavy atom. The van der Waals surface area contributed by atoms with Crippen LogP contribution >= 0.6 is 0 Å². The Bertz CT molecular complexity index is 377. The molecule has 0 bridgehead atoms. The largest absolute Gasteiger partial charge is 0.330 e. The van der Waals surface area contributed by atoms with Gasteiger partial charge in [0, 0.05) is 5.69 Å². The van der Waals surface area contributed by atoms with Crippen molar-refractivity contribution in [1.82, 2.24) is 9.78 Å². The Balaban J connectivity index is 2.33. The van der Waals surface area contributed by atoms with Gasteiger partial charge in [0.05, 0.1) is 11.7 Å². The Labute approximate surface area is 98.0 Å². The fraction of sp³-hybridized carbons (Fsp3) is 0.769. The minimum absolute atomic E-state index is 0.417. The first-order valence-electron chi connectivity index (χ1n) is 6.32. The Kier molecular flexibility index (Phi) is 3.06. The molecule has 1 saturated carbocycles. The quantitative estimate of drug-likeness (QED) is 0.849. The lowest BCUT2D eigenvalue weighted by atomic mass is 9.99. The molecule has 0 spiro atoms. The van der Waals surface area contributed by atoms with Gasteiger partial charge < -0.3 is 5.73 Å². The van der Waals surface area contributed by atoms with E-state index in [0.717, 1.165) is 11.6 Å². The molecule has 0 aliphatic heterocycles. The molecule has 1 fully saturated rings. The molecular weight excluding hydrogens is 198 g/mol. The molecular formula is C13H23N3. The molecule has 1 heterocycles. The van der Waals surface area contributed by atoms with E-state index in [1.165, 1.54) is 24.1 Å². The van der Waals surface area contributed by atoms with Crippen molar-refractivity contribution in [1.29, 1.82) is 0 Å². The van der Waals surface area contributed by atoms with E-state index in [1.807, 2.05) is 0 Å². The molecule has 3 heteroatoms. The number of hydrogen-bond acceptors (Lipinski definition) is 2. The van der Waals surface area contributed by atoms with E-state index in [1.54, 1.807) is 0 Å². The molecule has 90 valence electrons. The lowest BCUT2D eigenvalue weighted by Crippen LogP contribution is -2.13. The van der Waals surface area contributed by atoms with Gasteiger partial charge >= 0.3 is 0 Å². The van der Waals surface area contributed by atoms with Crippen molar-refractivity contribution in [2.75, 3.05) is 6.54 Å². The second-order valence-electron chi connectivity index (χ2n) is 5.24. The second kappa shape index (κ2) is 4.21. The molecule has 2 rings (SSSR count). The summed E-state index contributed by atoms with van der Waals surface area (Å²) in [5.74, 6) is 1.26. The van der Waals surface area contributed by atoms with Gasteiger partial charge in [-0.05, 0) is 57.6 Å². The number of aromatic nitrogens is 2. The lowest BCUT2D eigenvalue weighted by Gasteiger charge is -2.14. The Hall–Kier alpha value is -0.830. The van der Waals surface area contributed by atoms with Crippen LogP contribution in [0, 0.1) is 19.8 Å². The summed E-state index contributed by atoms with van der Waals surface area (Å²) >= 11 is 0. The molecule has 1 aromatic rings. The van der Waals surface area contributed by atoms with Crippen LogP contribution in [-0.2, 0) is 0 Å². The molecule has 1 aliphatic rings. The van der Waals surface area contributed by atoms with E-state index >= 15 is 0 Å². The fourth-order valence-electron chi connectivity index (χ4n) is 2.68. The van der Waals surface area contributed by atoms with Gasteiger partial charge in [0.1, 0.15) is 0 Å². The lowest BCUT2D eigenvalue weighted by molar-refractivity contribution is 0.428. The van der Waals surface area contributed by atoms with Gasteiger partial charge in [0.25, 0.3) is 0 Å². The molecule has 1 aliphatic carbocycles. The second-order valence-corrected chi connectivity index (χ2v) is 5.24. The normalized spacial score (nSPS) is 19.8. The zero-order chi connectivity index (χ0) is 11.9. The fourth-order valence-corrected chi connectivity index (χ4v) is 2.68. The highest BCUT2D eigenvalue weighted by molar-refractivity contribution is 5.29. The van der Waals surface area contributed by atoms with E-state index in [-0.39, 0.29) is 0 Å². The van der Waals surface area contributed by atoms with Crippen LogP contribution in [0.4, 0.5) is 0 Å². The van der Waals surface area contributed by atoms with E-state index in [4.69, 9.17) is 10.8 Å². The topological polar surface area (TPSA) is 43.8 Å². The molecule has 16 heavy (non-hydrogen) atoms. The third-order valence-electron chi connectivity index (χ3n) is 3.92. The van der Waals surface area contributed by atoms with Crippen molar-refractivity contribution in [2.45, 2.75) is 52.5 Å². The Morgan fingerprint density at radius 2 is 2.00 bits per heavy atom. The van der Waals surface area contributed by atoms with Crippen molar-refractivity contribution in [2.24, 2.45) is 11.7 Å². The summed E-state index contributed by atoms with van der Waals surface area (Å²) < 4.78 is 2.22. The zero-order valence-electron chi connectivity index (χ0n) is 10.8. The minimum Gasteiger partial charge on any atom is -0.330 e. The summed E-state index contributed by atoms with van der Waals surface area (Å²) in [7, 11) is 0. The van der Waals surface area contributed by atoms with Gasteiger partial charge in [-0.25, -0.2) is 0 Å². The first-order valence-corrected chi connectivity index (χ1v) is 6.32. The van der Waals surface area contributed by atoms with Crippen LogP contribution in [0.1, 0.15) is 55.6 Å². The zero-order valence-corrected chi connectivity index (χ0v) is 10.8. The smallest absolute Gasteiger partial charge is 0.0631 e. The molecule has 3 nitrogen and oxygen atoms in total. The van der Waals surface area contributed by atoms with E-state index in [2.05, 4.69) is 32.4 Å². The number of hydrogen-bond donors (Lipinski definition) is 1. The number of rotatable bonds is 4. The maximum Gasteiger partial charge on any atom is 0.0631 e. The minimum atomic E-state index is 0.417. The maximum absolute atomic E-state index is 5.76. The molecule has 0 saturated heterocycles. The first-order chi connectivity index (χ1) is 7.56. The first kappa shape index (κ1) is 11.6. The maximum atomic E-state index is 5.76. The summed E-state index contributed by atoms with van der Waals surface area (Å²) in [6.07, 6.45) is 2.72. The number of nitrogens with zero attached hydrogens (tertiary/aromatic N) is 2. The van der Waals surface area contributed by atoms with Crippen molar-refractivity contribution in [3.8, 4) is 0 Å². The highest BCUT2D eigenvalue weighted by Gasteiger charge is 2.31. The van der Waals surface area contributed by atoms with Gasteiger partial charge in [-0.2, -0.15) is 5.10 Å². The highest BCUT2D eigenvalue weighted by Crippen LogP contribution is 2.40. The predicted molar refractivity (Wildman–Crippen MR) is 66.6 cm³/mol. The SMILES string of the molecule is Cc1nn(C(C)C2CC2)c(C)c1C(C)CN. The molecule has 1 aromatic heterocycles. The van der Waals surface area contributed by atoms with Gasteiger partial charge in [-0.15, -0.1) is 0 Å². The van der Waals surface area contributed by atoms with Gasteiger partial charge in [-0.1, -0.05) is 6.92 Å². The molecule has 0 amide bonds. The third kappa shape index (κ3) is 1.88. The summed E-state index contributed by atoms with van der Waals surface area (Å²) in [5, 5.41) is 4.70. The average molecular weight is 221 g/mol. The summed E-state index contributed by atoms with van der Waals surface area (Å²) in [4.78, 5) is 0. The molecule has 0 radical (unpaired) electrons. The van der Waals surface area contributed by atoms with Gasteiger partial charge in [0.15, 0.2) is 0 Å². The predicted octanol–water partition coefficient (Wildman–Crippen LogP) is 2.53. The van der Waals surface area contributed by atoms with Crippen LogP contribution < -0.4 is 5.73 Å². The van der Waals surface area contributed by atoms with Crippen molar-refractivity contribution in [3.63, 3.8) is 0 Å². The molecule has 2 atom stereocenters. The van der Waals surface area contributed by atoms with Gasteiger partial charge in [0.2, 0.25) is 0 Å². The molecule has 0 aromatic carbocycles.